The van der Waals surface area contributed by atoms with E-state index < -0.39 is 0 Å². The highest BCUT2D eigenvalue weighted by atomic mass is 16.5. The van der Waals surface area contributed by atoms with Crippen molar-refractivity contribution in [2.75, 3.05) is 7.11 Å². The molecule has 0 aromatic heterocycles. The third kappa shape index (κ3) is 2.63. The lowest BCUT2D eigenvalue weighted by Gasteiger charge is -2.15. The molecule has 0 fully saturated rings. The monoisotopic (exact) mass is 223 g/mol. The molecule has 0 saturated heterocycles. The highest BCUT2D eigenvalue weighted by Crippen LogP contribution is 2.24. The molecule has 0 aliphatic rings. The van der Waals surface area contributed by atoms with Gasteiger partial charge in [0.15, 0.2) is 6.10 Å². The van der Waals surface area contributed by atoms with Gasteiger partial charge < -0.3 is 4.74 Å². The number of hydrogen-bond acceptors (Lipinski definition) is 1. The largest absolute Gasteiger partial charge is 0.365 e. The van der Waals surface area contributed by atoms with Gasteiger partial charge in [-0.3, -0.25) is 0 Å². The highest BCUT2D eigenvalue weighted by molar-refractivity contribution is 5.52. The second kappa shape index (κ2) is 5.46. The van der Waals surface area contributed by atoms with Crippen LogP contribution in [0.3, 0.4) is 0 Å². The van der Waals surface area contributed by atoms with Crippen LogP contribution in [0.25, 0.3) is 6.08 Å². The van der Waals surface area contributed by atoms with E-state index in [0.717, 1.165) is 22.8 Å². The average molecular weight is 223 g/mol. The van der Waals surface area contributed by atoms with Gasteiger partial charge in [0.2, 0.25) is 0 Å². The SMILES string of the molecule is C=Cc1cccc([C](OC)c2ccccc2)c1. The van der Waals surface area contributed by atoms with Crippen LogP contribution in [0.2, 0.25) is 0 Å². The van der Waals surface area contributed by atoms with Gasteiger partial charge in [-0.05, 0) is 22.8 Å². The lowest BCUT2D eigenvalue weighted by atomic mass is 9.99. The molecule has 2 aromatic rings. The fourth-order valence-corrected chi connectivity index (χ4v) is 1.80. The van der Waals surface area contributed by atoms with Gasteiger partial charge in [0, 0.05) is 7.11 Å². The molecule has 0 N–H and O–H groups in total. The lowest BCUT2D eigenvalue weighted by Crippen LogP contribution is -2.04. The van der Waals surface area contributed by atoms with Crippen molar-refractivity contribution in [3.63, 3.8) is 0 Å². The summed E-state index contributed by atoms with van der Waals surface area (Å²) in [6.07, 6.45) is 2.72. The summed E-state index contributed by atoms with van der Waals surface area (Å²) in [6, 6.07) is 18.2. The second-order valence-corrected chi connectivity index (χ2v) is 3.73. The van der Waals surface area contributed by atoms with E-state index >= 15 is 0 Å². The first-order valence-electron chi connectivity index (χ1n) is 5.54. The van der Waals surface area contributed by atoms with Gasteiger partial charge in [-0.2, -0.15) is 0 Å². The van der Waals surface area contributed by atoms with Crippen LogP contribution in [-0.2, 0) is 4.74 Å². The minimum absolute atomic E-state index is 0.884. The van der Waals surface area contributed by atoms with Crippen molar-refractivity contribution in [3.8, 4) is 0 Å². The molecule has 1 radical (unpaired) electrons. The quantitative estimate of drug-likeness (QED) is 0.763. The number of benzene rings is 2. The Morgan fingerprint density at radius 2 is 1.71 bits per heavy atom. The summed E-state index contributed by atoms with van der Waals surface area (Å²) in [6.45, 7) is 3.78. The highest BCUT2D eigenvalue weighted by Gasteiger charge is 2.14. The topological polar surface area (TPSA) is 9.23 Å². The predicted octanol–water partition coefficient (Wildman–Crippen LogP) is 3.90. The van der Waals surface area contributed by atoms with Crippen molar-refractivity contribution in [1.29, 1.82) is 0 Å². The Morgan fingerprint density at radius 3 is 2.35 bits per heavy atom. The van der Waals surface area contributed by atoms with Crippen molar-refractivity contribution in [2.24, 2.45) is 0 Å². The fraction of sp³-hybridized carbons (Fsp3) is 0.0625. The zero-order valence-corrected chi connectivity index (χ0v) is 9.89. The van der Waals surface area contributed by atoms with E-state index in [-0.39, 0.29) is 0 Å². The van der Waals surface area contributed by atoms with Crippen LogP contribution >= 0.6 is 0 Å². The smallest absolute Gasteiger partial charge is 0.155 e. The standard InChI is InChI=1S/C16H15O/c1-3-13-8-7-11-15(12-13)16(17-2)14-9-5-4-6-10-14/h3-12H,1H2,2H3. The van der Waals surface area contributed by atoms with Gasteiger partial charge in [-0.1, -0.05) is 61.2 Å². The third-order valence-electron chi connectivity index (χ3n) is 2.62. The Hall–Kier alpha value is -1.86. The van der Waals surface area contributed by atoms with Crippen molar-refractivity contribution in [1.82, 2.24) is 0 Å². The molecule has 0 heterocycles. The van der Waals surface area contributed by atoms with E-state index in [9.17, 15) is 0 Å². The Kier molecular flexibility index (Phi) is 3.73. The van der Waals surface area contributed by atoms with Crippen LogP contribution < -0.4 is 0 Å². The maximum Gasteiger partial charge on any atom is 0.155 e. The lowest BCUT2D eigenvalue weighted by molar-refractivity contribution is 0.248. The molecule has 0 aliphatic heterocycles. The normalized spacial score (nSPS) is 10.5. The van der Waals surface area contributed by atoms with Gasteiger partial charge in [0.05, 0.1) is 0 Å². The molecule has 85 valence electrons. The number of methoxy groups -OCH3 is 1. The first-order chi connectivity index (χ1) is 8.35. The molecular weight excluding hydrogens is 208 g/mol. The zero-order valence-electron chi connectivity index (χ0n) is 9.89. The van der Waals surface area contributed by atoms with Gasteiger partial charge in [-0.25, -0.2) is 0 Å². The molecular formula is C16H15O. The zero-order chi connectivity index (χ0) is 12.1. The molecule has 0 atom stereocenters. The molecule has 17 heavy (non-hydrogen) atoms. The Balaban J connectivity index is 2.38. The molecule has 0 bridgehead atoms. The maximum absolute atomic E-state index is 5.50. The Morgan fingerprint density at radius 1 is 1.00 bits per heavy atom. The third-order valence-corrected chi connectivity index (χ3v) is 2.62. The van der Waals surface area contributed by atoms with E-state index in [4.69, 9.17) is 4.74 Å². The Labute approximate surface area is 102 Å². The number of hydrogen-bond donors (Lipinski definition) is 0. The van der Waals surface area contributed by atoms with Crippen LogP contribution in [-0.4, -0.2) is 7.11 Å². The van der Waals surface area contributed by atoms with E-state index in [1.807, 2.05) is 54.6 Å². The molecule has 0 saturated carbocycles. The summed E-state index contributed by atoms with van der Waals surface area (Å²) in [7, 11) is 1.70. The van der Waals surface area contributed by atoms with Crippen molar-refractivity contribution >= 4 is 6.08 Å². The molecule has 0 aliphatic carbocycles. The molecule has 1 nitrogen and oxygen atoms in total. The minimum Gasteiger partial charge on any atom is -0.365 e. The van der Waals surface area contributed by atoms with Crippen LogP contribution in [0, 0.1) is 6.10 Å². The van der Waals surface area contributed by atoms with E-state index in [0.29, 0.717) is 0 Å². The van der Waals surface area contributed by atoms with Gasteiger partial charge in [0.1, 0.15) is 0 Å². The van der Waals surface area contributed by atoms with Crippen LogP contribution in [0.15, 0.2) is 61.2 Å². The molecule has 2 aromatic carbocycles. The van der Waals surface area contributed by atoms with Crippen molar-refractivity contribution in [2.45, 2.75) is 0 Å². The summed E-state index contributed by atoms with van der Waals surface area (Å²) >= 11 is 0. The van der Waals surface area contributed by atoms with Crippen LogP contribution in [0.1, 0.15) is 16.7 Å². The van der Waals surface area contributed by atoms with E-state index in [2.05, 4.69) is 12.6 Å². The van der Waals surface area contributed by atoms with Crippen LogP contribution in [0.5, 0.6) is 0 Å². The van der Waals surface area contributed by atoms with Crippen molar-refractivity contribution in [3.05, 3.63) is 84.0 Å². The van der Waals surface area contributed by atoms with Gasteiger partial charge in [-0.15, -0.1) is 0 Å². The first kappa shape index (κ1) is 11.6. The summed E-state index contributed by atoms with van der Waals surface area (Å²) in [5, 5.41) is 0. The maximum atomic E-state index is 5.50. The fourth-order valence-electron chi connectivity index (χ4n) is 1.80. The summed E-state index contributed by atoms with van der Waals surface area (Å²) < 4.78 is 5.50. The molecule has 0 spiro atoms. The number of rotatable bonds is 4. The molecule has 2 rings (SSSR count). The van der Waals surface area contributed by atoms with Gasteiger partial charge >= 0.3 is 0 Å². The molecule has 0 unspecified atom stereocenters. The molecule has 1 heteroatoms. The Bertz CT molecular complexity index is 488. The summed E-state index contributed by atoms with van der Waals surface area (Å²) in [5.74, 6) is 0. The minimum atomic E-state index is 0.884. The molecule has 0 amide bonds. The first-order valence-corrected chi connectivity index (χ1v) is 5.54. The van der Waals surface area contributed by atoms with Gasteiger partial charge in [0.25, 0.3) is 0 Å². The number of ether oxygens (including phenoxy) is 1. The van der Waals surface area contributed by atoms with E-state index in [1.54, 1.807) is 7.11 Å². The predicted molar refractivity (Wildman–Crippen MR) is 71.4 cm³/mol. The summed E-state index contributed by atoms with van der Waals surface area (Å²) in [5.41, 5.74) is 3.24. The second-order valence-electron chi connectivity index (χ2n) is 3.73. The van der Waals surface area contributed by atoms with E-state index in [1.165, 1.54) is 0 Å². The average Bonchev–Trinajstić information content (AvgIpc) is 2.41. The van der Waals surface area contributed by atoms with Crippen molar-refractivity contribution < 1.29 is 4.74 Å². The summed E-state index contributed by atoms with van der Waals surface area (Å²) in [4.78, 5) is 0. The van der Waals surface area contributed by atoms with Crippen LogP contribution in [0.4, 0.5) is 0 Å².